The van der Waals surface area contributed by atoms with Crippen molar-refractivity contribution < 1.29 is 9.13 Å². The summed E-state index contributed by atoms with van der Waals surface area (Å²) in [6, 6.07) is 11.6. The van der Waals surface area contributed by atoms with E-state index in [1.54, 1.807) is 18.2 Å². The highest BCUT2D eigenvalue weighted by molar-refractivity contribution is 9.10. The number of nitrogens with zero attached hydrogens (tertiary/aromatic N) is 1. The summed E-state index contributed by atoms with van der Waals surface area (Å²) in [6.45, 7) is 1.89. The number of nitriles is 1. The van der Waals surface area contributed by atoms with Gasteiger partial charge in [-0.15, -0.1) is 0 Å². The van der Waals surface area contributed by atoms with Gasteiger partial charge in [0.05, 0.1) is 5.56 Å². The Bertz CT molecular complexity index is 614. The predicted octanol–water partition coefficient (Wildman–Crippen LogP) is 4.56. The minimum Gasteiger partial charge on any atom is -0.456 e. The van der Waals surface area contributed by atoms with Crippen LogP contribution in [0.5, 0.6) is 11.5 Å². The maximum Gasteiger partial charge on any atom is 0.145 e. The molecule has 0 atom stereocenters. The number of hydrogen-bond donors (Lipinski definition) is 0. The summed E-state index contributed by atoms with van der Waals surface area (Å²) < 4.78 is 19.3. The molecule has 0 bridgehead atoms. The number of aryl methyl sites for hydroxylation is 1. The van der Waals surface area contributed by atoms with Crippen LogP contribution in [-0.4, -0.2) is 0 Å². The third-order valence-corrected chi connectivity index (χ3v) is 2.78. The standard InChI is InChI=1S/C14H9BrFNO/c1-9-2-3-14(10(4-9)8-17)18-13-6-11(15)5-12(16)7-13/h2-7H,1H3. The van der Waals surface area contributed by atoms with E-state index in [9.17, 15) is 4.39 Å². The quantitative estimate of drug-likeness (QED) is 0.815. The van der Waals surface area contributed by atoms with Gasteiger partial charge < -0.3 is 4.74 Å². The Hall–Kier alpha value is -1.86. The van der Waals surface area contributed by atoms with Crippen molar-refractivity contribution >= 4 is 15.9 Å². The van der Waals surface area contributed by atoms with Crippen molar-refractivity contribution in [2.24, 2.45) is 0 Å². The molecule has 90 valence electrons. The van der Waals surface area contributed by atoms with Gasteiger partial charge in [0, 0.05) is 10.5 Å². The number of rotatable bonds is 2. The molecule has 0 heterocycles. The molecule has 4 heteroatoms. The van der Waals surface area contributed by atoms with Gasteiger partial charge in [0.25, 0.3) is 0 Å². The van der Waals surface area contributed by atoms with Crippen LogP contribution in [0.2, 0.25) is 0 Å². The van der Waals surface area contributed by atoms with Gasteiger partial charge in [0.2, 0.25) is 0 Å². The SMILES string of the molecule is Cc1ccc(Oc2cc(F)cc(Br)c2)c(C#N)c1. The summed E-state index contributed by atoms with van der Waals surface area (Å²) >= 11 is 3.19. The molecule has 0 amide bonds. The van der Waals surface area contributed by atoms with Gasteiger partial charge >= 0.3 is 0 Å². The summed E-state index contributed by atoms with van der Waals surface area (Å²) in [6.07, 6.45) is 0. The zero-order valence-corrected chi connectivity index (χ0v) is 11.2. The van der Waals surface area contributed by atoms with Crippen molar-refractivity contribution in [3.8, 4) is 17.6 Å². The summed E-state index contributed by atoms with van der Waals surface area (Å²) in [7, 11) is 0. The molecule has 0 N–H and O–H groups in total. The van der Waals surface area contributed by atoms with Crippen molar-refractivity contribution in [1.29, 1.82) is 5.26 Å². The molecule has 0 saturated heterocycles. The minimum absolute atomic E-state index is 0.349. The molecule has 0 aliphatic carbocycles. The van der Waals surface area contributed by atoms with Crippen LogP contribution in [0.1, 0.15) is 11.1 Å². The zero-order valence-electron chi connectivity index (χ0n) is 9.58. The molecule has 2 aromatic rings. The number of hydrogen-bond acceptors (Lipinski definition) is 2. The van der Waals surface area contributed by atoms with Crippen molar-refractivity contribution in [1.82, 2.24) is 0 Å². The van der Waals surface area contributed by atoms with Crippen LogP contribution in [0.4, 0.5) is 4.39 Å². The molecular formula is C14H9BrFNO. The van der Waals surface area contributed by atoms with Crippen LogP contribution in [0.3, 0.4) is 0 Å². The average molecular weight is 306 g/mol. The van der Waals surface area contributed by atoms with E-state index in [4.69, 9.17) is 10.00 Å². The van der Waals surface area contributed by atoms with Gasteiger partial charge in [-0.3, -0.25) is 0 Å². The molecule has 0 saturated carbocycles. The minimum atomic E-state index is -0.398. The van der Waals surface area contributed by atoms with Gasteiger partial charge in [-0.05, 0) is 36.8 Å². The molecule has 2 aromatic carbocycles. The monoisotopic (exact) mass is 305 g/mol. The predicted molar refractivity (Wildman–Crippen MR) is 70.1 cm³/mol. The highest BCUT2D eigenvalue weighted by atomic mass is 79.9. The second kappa shape index (κ2) is 5.19. The maximum absolute atomic E-state index is 13.2. The Morgan fingerprint density at radius 3 is 2.67 bits per heavy atom. The Labute approximate surface area is 113 Å². The topological polar surface area (TPSA) is 33.0 Å². The van der Waals surface area contributed by atoms with Crippen LogP contribution in [0.25, 0.3) is 0 Å². The largest absolute Gasteiger partial charge is 0.456 e. The van der Waals surface area contributed by atoms with Gasteiger partial charge in [-0.2, -0.15) is 5.26 Å². The number of halogens is 2. The molecule has 0 aromatic heterocycles. The van der Waals surface area contributed by atoms with Gasteiger partial charge in [-0.1, -0.05) is 22.0 Å². The second-order valence-corrected chi connectivity index (χ2v) is 4.73. The summed E-state index contributed by atoms with van der Waals surface area (Å²) in [5.41, 5.74) is 1.40. The van der Waals surface area contributed by atoms with E-state index in [0.29, 0.717) is 21.5 Å². The van der Waals surface area contributed by atoms with E-state index in [0.717, 1.165) is 5.56 Å². The Balaban J connectivity index is 2.37. The average Bonchev–Trinajstić information content (AvgIpc) is 2.30. The third kappa shape index (κ3) is 2.88. The summed E-state index contributed by atoms with van der Waals surface area (Å²) in [4.78, 5) is 0. The lowest BCUT2D eigenvalue weighted by molar-refractivity contribution is 0.474. The normalized spacial score (nSPS) is 9.89. The molecule has 0 radical (unpaired) electrons. The molecule has 0 unspecified atom stereocenters. The molecular weight excluding hydrogens is 297 g/mol. The van der Waals surface area contributed by atoms with Gasteiger partial charge in [0.15, 0.2) is 0 Å². The lowest BCUT2D eigenvalue weighted by Crippen LogP contribution is -1.90. The van der Waals surface area contributed by atoms with E-state index in [1.165, 1.54) is 12.1 Å². The summed E-state index contributed by atoms with van der Waals surface area (Å²) in [5, 5.41) is 9.02. The first-order valence-electron chi connectivity index (χ1n) is 5.23. The van der Waals surface area contributed by atoms with Crippen molar-refractivity contribution in [2.45, 2.75) is 6.92 Å². The van der Waals surface area contributed by atoms with Gasteiger partial charge in [0.1, 0.15) is 23.4 Å². The first-order valence-corrected chi connectivity index (χ1v) is 6.02. The molecule has 18 heavy (non-hydrogen) atoms. The van der Waals surface area contributed by atoms with E-state index in [2.05, 4.69) is 22.0 Å². The first-order chi connectivity index (χ1) is 8.58. The molecule has 0 aliphatic rings. The van der Waals surface area contributed by atoms with Crippen LogP contribution < -0.4 is 4.74 Å². The molecule has 0 fully saturated rings. The summed E-state index contributed by atoms with van der Waals surface area (Å²) in [5.74, 6) is 0.368. The lowest BCUT2D eigenvalue weighted by atomic mass is 10.1. The Morgan fingerprint density at radius 2 is 2.00 bits per heavy atom. The van der Waals surface area contributed by atoms with Crippen LogP contribution in [-0.2, 0) is 0 Å². The van der Waals surface area contributed by atoms with E-state index in [-0.39, 0.29) is 0 Å². The fourth-order valence-corrected chi connectivity index (χ4v) is 1.98. The molecule has 0 aliphatic heterocycles. The van der Waals surface area contributed by atoms with E-state index in [1.807, 2.05) is 13.0 Å². The number of ether oxygens (including phenoxy) is 1. The van der Waals surface area contributed by atoms with Crippen LogP contribution in [0, 0.1) is 24.1 Å². The second-order valence-electron chi connectivity index (χ2n) is 3.82. The lowest BCUT2D eigenvalue weighted by Gasteiger charge is -2.08. The van der Waals surface area contributed by atoms with Gasteiger partial charge in [-0.25, -0.2) is 4.39 Å². The molecule has 2 rings (SSSR count). The first kappa shape index (κ1) is 12.6. The Kier molecular flexibility index (Phi) is 3.63. The highest BCUT2D eigenvalue weighted by Crippen LogP contribution is 2.28. The van der Waals surface area contributed by atoms with Crippen LogP contribution in [0.15, 0.2) is 40.9 Å². The molecule has 2 nitrogen and oxygen atoms in total. The Morgan fingerprint density at radius 1 is 1.22 bits per heavy atom. The maximum atomic E-state index is 13.2. The van der Waals surface area contributed by atoms with Crippen molar-refractivity contribution in [2.75, 3.05) is 0 Å². The highest BCUT2D eigenvalue weighted by Gasteiger charge is 2.06. The third-order valence-electron chi connectivity index (χ3n) is 2.32. The van der Waals surface area contributed by atoms with Crippen LogP contribution >= 0.6 is 15.9 Å². The van der Waals surface area contributed by atoms with Crippen molar-refractivity contribution in [3.63, 3.8) is 0 Å². The zero-order chi connectivity index (χ0) is 13.1. The fourth-order valence-electron chi connectivity index (χ4n) is 1.53. The number of benzene rings is 2. The smallest absolute Gasteiger partial charge is 0.145 e. The van der Waals surface area contributed by atoms with E-state index < -0.39 is 5.82 Å². The van der Waals surface area contributed by atoms with Crippen molar-refractivity contribution in [3.05, 3.63) is 57.8 Å². The molecule has 0 spiro atoms. The van der Waals surface area contributed by atoms with E-state index >= 15 is 0 Å². The fraction of sp³-hybridized carbons (Fsp3) is 0.0714.